The molecule has 2 aromatic rings. The number of nitrogens with one attached hydrogen (secondary N) is 1. The number of hydrogen-bond donors (Lipinski definition) is 1. The molecule has 182 valence electrons. The molecule has 0 saturated heterocycles. The van der Waals surface area contributed by atoms with Crippen molar-refractivity contribution in [1.29, 1.82) is 0 Å². The standard InChI is InChI=1S/C28H35FN2O3/c1-3-16-30-27(32)25(4-2)34-23-14-11-19-15-17-31(28(33)21-7-5-6-8-21)26(24(19)18-23)20-9-12-22(29)13-10-20/h9-14,18,21,25-26H,3-8,15-17H2,1-2H3,(H,30,32). The van der Waals surface area contributed by atoms with Gasteiger partial charge in [-0.1, -0.05) is 44.9 Å². The number of rotatable bonds is 8. The van der Waals surface area contributed by atoms with E-state index in [2.05, 4.69) is 5.32 Å². The third kappa shape index (κ3) is 5.26. The lowest BCUT2D eigenvalue weighted by molar-refractivity contribution is -0.137. The molecule has 0 spiro atoms. The second kappa shape index (κ2) is 11.0. The Morgan fingerprint density at radius 3 is 2.53 bits per heavy atom. The maximum absolute atomic E-state index is 13.7. The fourth-order valence-corrected chi connectivity index (χ4v) is 5.16. The number of benzene rings is 2. The number of fused-ring (bicyclic) bond motifs is 1. The van der Waals surface area contributed by atoms with Crippen LogP contribution in [0.3, 0.4) is 0 Å². The molecule has 2 atom stereocenters. The highest BCUT2D eigenvalue weighted by atomic mass is 19.1. The lowest BCUT2D eigenvalue weighted by atomic mass is 9.87. The number of hydrogen-bond acceptors (Lipinski definition) is 3. The Morgan fingerprint density at radius 2 is 1.85 bits per heavy atom. The molecule has 1 heterocycles. The molecule has 1 aliphatic carbocycles. The van der Waals surface area contributed by atoms with Crippen LogP contribution >= 0.6 is 0 Å². The average molecular weight is 467 g/mol. The fraction of sp³-hybridized carbons (Fsp3) is 0.500. The molecule has 2 amide bonds. The van der Waals surface area contributed by atoms with Gasteiger partial charge < -0.3 is 15.0 Å². The van der Waals surface area contributed by atoms with E-state index in [0.29, 0.717) is 25.3 Å². The van der Waals surface area contributed by atoms with E-state index in [0.717, 1.165) is 55.2 Å². The average Bonchev–Trinajstić information content (AvgIpc) is 3.40. The SMILES string of the molecule is CCCNC(=O)C(CC)Oc1ccc2c(c1)C(c1ccc(F)cc1)N(C(=O)C1CCCC1)CC2. The van der Waals surface area contributed by atoms with E-state index < -0.39 is 6.10 Å². The summed E-state index contributed by atoms with van der Waals surface area (Å²) in [5.41, 5.74) is 3.03. The first-order valence-electron chi connectivity index (χ1n) is 12.6. The van der Waals surface area contributed by atoms with Gasteiger partial charge in [0, 0.05) is 19.0 Å². The minimum Gasteiger partial charge on any atom is -0.481 e. The van der Waals surface area contributed by atoms with E-state index in [-0.39, 0.29) is 29.6 Å². The quantitative estimate of drug-likeness (QED) is 0.584. The zero-order valence-electron chi connectivity index (χ0n) is 20.2. The van der Waals surface area contributed by atoms with Crippen molar-refractivity contribution in [2.24, 2.45) is 5.92 Å². The van der Waals surface area contributed by atoms with Crippen molar-refractivity contribution >= 4 is 11.8 Å². The predicted octanol–water partition coefficient (Wildman–Crippen LogP) is 5.17. The minimum atomic E-state index is -0.575. The van der Waals surface area contributed by atoms with Gasteiger partial charge >= 0.3 is 0 Å². The van der Waals surface area contributed by atoms with Crippen molar-refractivity contribution in [1.82, 2.24) is 10.2 Å². The molecule has 2 aromatic carbocycles. The third-order valence-electron chi connectivity index (χ3n) is 7.01. The van der Waals surface area contributed by atoms with E-state index in [4.69, 9.17) is 4.74 Å². The Balaban J connectivity index is 1.67. The van der Waals surface area contributed by atoms with Gasteiger partial charge in [-0.2, -0.15) is 0 Å². The Bertz CT molecular complexity index is 1000. The molecule has 34 heavy (non-hydrogen) atoms. The molecule has 5 nitrogen and oxygen atoms in total. The number of halogens is 1. The highest BCUT2D eigenvalue weighted by molar-refractivity contribution is 5.81. The van der Waals surface area contributed by atoms with E-state index in [9.17, 15) is 14.0 Å². The lowest BCUT2D eigenvalue weighted by Gasteiger charge is -2.39. The summed E-state index contributed by atoms with van der Waals surface area (Å²) < 4.78 is 19.8. The van der Waals surface area contributed by atoms with Gasteiger partial charge in [0.15, 0.2) is 6.10 Å². The molecule has 1 N–H and O–H groups in total. The summed E-state index contributed by atoms with van der Waals surface area (Å²) in [5.74, 6) is 0.453. The normalized spacial score (nSPS) is 18.9. The van der Waals surface area contributed by atoms with Gasteiger partial charge in [-0.25, -0.2) is 4.39 Å². The van der Waals surface area contributed by atoms with E-state index in [1.54, 1.807) is 12.1 Å². The molecule has 0 radical (unpaired) electrons. The molecular formula is C28H35FN2O3. The molecule has 0 aromatic heterocycles. The highest BCUT2D eigenvalue weighted by Gasteiger charge is 2.36. The zero-order chi connectivity index (χ0) is 24.1. The van der Waals surface area contributed by atoms with E-state index >= 15 is 0 Å². The molecule has 1 fully saturated rings. The smallest absolute Gasteiger partial charge is 0.261 e. The molecule has 2 aliphatic rings. The molecule has 4 rings (SSSR count). The summed E-state index contributed by atoms with van der Waals surface area (Å²) in [7, 11) is 0. The van der Waals surface area contributed by atoms with Crippen LogP contribution in [0.25, 0.3) is 0 Å². The first kappa shape index (κ1) is 24.2. The Labute approximate surface area is 201 Å². The second-order valence-corrected chi connectivity index (χ2v) is 9.38. The number of ether oxygens (including phenoxy) is 1. The molecule has 0 bridgehead atoms. The van der Waals surface area contributed by atoms with E-state index in [1.807, 2.05) is 36.9 Å². The maximum Gasteiger partial charge on any atom is 0.261 e. The van der Waals surface area contributed by atoms with E-state index in [1.165, 1.54) is 12.1 Å². The maximum atomic E-state index is 13.7. The highest BCUT2D eigenvalue weighted by Crippen LogP contribution is 2.40. The van der Waals surface area contributed by atoms with Crippen LogP contribution in [0.15, 0.2) is 42.5 Å². The minimum absolute atomic E-state index is 0.0654. The van der Waals surface area contributed by atoms with Crippen molar-refractivity contribution in [2.45, 2.75) is 70.9 Å². The first-order valence-corrected chi connectivity index (χ1v) is 12.6. The van der Waals surface area contributed by atoms with Crippen molar-refractivity contribution in [3.63, 3.8) is 0 Å². The number of carbonyl (C=O) groups excluding carboxylic acids is 2. The van der Waals surface area contributed by atoms with Crippen molar-refractivity contribution in [3.05, 3.63) is 65.0 Å². The fourth-order valence-electron chi connectivity index (χ4n) is 5.16. The predicted molar refractivity (Wildman–Crippen MR) is 130 cm³/mol. The monoisotopic (exact) mass is 466 g/mol. The number of carbonyl (C=O) groups is 2. The molecule has 1 saturated carbocycles. The Morgan fingerprint density at radius 1 is 1.12 bits per heavy atom. The van der Waals surface area contributed by atoms with Gasteiger partial charge in [-0.05, 0) is 73.1 Å². The summed E-state index contributed by atoms with van der Waals surface area (Å²) in [6, 6.07) is 12.1. The zero-order valence-corrected chi connectivity index (χ0v) is 20.2. The summed E-state index contributed by atoms with van der Waals surface area (Å²) in [6.07, 6.45) is 5.68. The molecule has 6 heteroatoms. The van der Waals surface area contributed by atoms with Gasteiger partial charge in [0.2, 0.25) is 5.91 Å². The number of amides is 2. The largest absolute Gasteiger partial charge is 0.481 e. The summed E-state index contributed by atoms with van der Waals surface area (Å²) in [4.78, 5) is 28.0. The van der Waals surface area contributed by atoms with Gasteiger partial charge in [0.1, 0.15) is 11.6 Å². The Kier molecular flexibility index (Phi) is 7.86. The Hall–Kier alpha value is -2.89. The van der Waals surface area contributed by atoms with Gasteiger partial charge in [-0.3, -0.25) is 9.59 Å². The van der Waals surface area contributed by atoms with Crippen LogP contribution < -0.4 is 10.1 Å². The van der Waals surface area contributed by atoms with Crippen LogP contribution in [0.1, 0.15) is 75.1 Å². The topological polar surface area (TPSA) is 58.6 Å². The van der Waals surface area contributed by atoms with Crippen LogP contribution in [-0.2, 0) is 16.0 Å². The molecule has 1 aliphatic heterocycles. The lowest BCUT2D eigenvalue weighted by Crippen LogP contribution is -2.43. The van der Waals surface area contributed by atoms with Crippen molar-refractivity contribution in [3.8, 4) is 5.75 Å². The summed E-state index contributed by atoms with van der Waals surface area (Å²) >= 11 is 0. The van der Waals surface area contributed by atoms with Gasteiger partial charge in [0.25, 0.3) is 5.91 Å². The van der Waals surface area contributed by atoms with Crippen LogP contribution in [0.2, 0.25) is 0 Å². The third-order valence-corrected chi connectivity index (χ3v) is 7.01. The second-order valence-electron chi connectivity index (χ2n) is 9.38. The van der Waals surface area contributed by atoms with Gasteiger partial charge in [-0.15, -0.1) is 0 Å². The summed E-state index contributed by atoms with van der Waals surface area (Å²) in [5, 5.41) is 2.91. The van der Waals surface area contributed by atoms with Gasteiger partial charge in [0.05, 0.1) is 6.04 Å². The van der Waals surface area contributed by atoms with Crippen LogP contribution in [0.5, 0.6) is 5.75 Å². The van der Waals surface area contributed by atoms with Crippen LogP contribution in [0.4, 0.5) is 4.39 Å². The molecule has 2 unspecified atom stereocenters. The molecular weight excluding hydrogens is 431 g/mol. The summed E-state index contributed by atoms with van der Waals surface area (Å²) in [6.45, 7) is 5.20. The van der Waals surface area contributed by atoms with Crippen molar-refractivity contribution in [2.75, 3.05) is 13.1 Å². The van der Waals surface area contributed by atoms with Crippen molar-refractivity contribution < 1.29 is 18.7 Å². The van der Waals surface area contributed by atoms with Crippen LogP contribution in [0, 0.1) is 11.7 Å². The number of nitrogens with zero attached hydrogens (tertiary/aromatic N) is 1. The van der Waals surface area contributed by atoms with Crippen LogP contribution in [-0.4, -0.2) is 35.9 Å². The first-order chi connectivity index (χ1) is 16.5.